The molecule has 2 aromatic carbocycles. The van der Waals surface area contributed by atoms with Gasteiger partial charge < -0.3 is 5.73 Å². The van der Waals surface area contributed by atoms with E-state index < -0.39 is 0 Å². The Labute approximate surface area is 127 Å². The number of rotatable bonds is 1. The molecule has 1 aliphatic rings. The van der Waals surface area contributed by atoms with Gasteiger partial charge in [-0.15, -0.1) is 12.4 Å². The van der Waals surface area contributed by atoms with Crippen LogP contribution >= 0.6 is 28.3 Å². The standard InChI is InChI=1S/C15H13BrN2.ClH/c16-12-6-7-13-11(8-12)9-14(18-15(13)17)10-4-2-1-3-5-10;/h1-8,14H,9H2,(H2,17,18);1H. The molecule has 1 heterocycles. The molecule has 98 valence electrons. The lowest BCUT2D eigenvalue weighted by atomic mass is 9.93. The van der Waals surface area contributed by atoms with E-state index in [0.29, 0.717) is 5.84 Å². The molecule has 0 spiro atoms. The smallest absolute Gasteiger partial charge is 0.126 e. The molecule has 0 fully saturated rings. The summed E-state index contributed by atoms with van der Waals surface area (Å²) < 4.78 is 1.09. The molecule has 19 heavy (non-hydrogen) atoms. The molecule has 0 saturated heterocycles. The van der Waals surface area contributed by atoms with Gasteiger partial charge in [0.2, 0.25) is 0 Å². The van der Waals surface area contributed by atoms with Crippen LogP contribution < -0.4 is 5.73 Å². The molecule has 3 rings (SSSR count). The maximum atomic E-state index is 6.06. The van der Waals surface area contributed by atoms with Crippen molar-refractivity contribution in [3.8, 4) is 0 Å². The predicted molar refractivity (Wildman–Crippen MR) is 85.0 cm³/mol. The van der Waals surface area contributed by atoms with Crippen molar-refractivity contribution < 1.29 is 0 Å². The van der Waals surface area contributed by atoms with Crippen molar-refractivity contribution in [3.05, 3.63) is 69.7 Å². The molecule has 1 unspecified atom stereocenters. The van der Waals surface area contributed by atoms with Gasteiger partial charge >= 0.3 is 0 Å². The van der Waals surface area contributed by atoms with Crippen molar-refractivity contribution in [1.29, 1.82) is 0 Å². The summed E-state index contributed by atoms with van der Waals surface area (Å²) in [5.41, 5.74) is 9.59. The van der Waals surface area contributed by atoms with Gasteiger partial charge in [-0.05, 0) is 35.7 Å². The third kappa shape index (κ3) is 2.82. The maximum Gasteiger partial charge on any atom is 0.126 e. The first kappa shape index (κ1) is 14.1. The fourth-order valence-corrected chi connectivity index (χ4v) is 2.75. The quantitative estimate of drug-likeness (QED) is 0.843. The van der Waals surface area contributed by atoms with E-state index in [2.05, 4.69) is 39.1 Å². The second-order valence-corrected chi connectivity index (χ2v) is 5.36. The number of fused-ring (bicyclic) bond motifs is 1. The fraction of sp³-hybridized carbons (Fsp3) is 0.133. The number of hydrogen-bond acceptors (Lipinski definition) is 2. The van der Waals surface area contributed by atoms with Crippen LogP contribution in [0.3, 0.4) is 0 Å². The highest BCUT2D eigenvalue weighted by molar-refractivity contribution is 9.10. The maximum absolute atomic E-state index is 6.06. The predicted octanol–water partition coefficient (Wildman–Crippen LogP) is 3.87. The highest BCUT2D eigenvalue weighted by Crippen LogP contribution is 2.30. The van der Waals surface area contributed by atoms with E-state index in [1.54, 1.807) is 0 Å². The van der Waals surface area contributed by atoms with E-state index in [-0.39, 0.29) is 18.4 Å². The Kier molecular flexibility index (Phi) is 4.27. The first-order chi connectivity index (χ1) is 8.74. The Hall–Kier alpha value is -1.32. The number of benzene rings is 2. The van der Waals surface area contributed by atoms with Crippen molar-refractivity contribution in [2.24, 2.45) is 10.7 Å². The molecule has 1 atom stereocenters. The largest absolute Gasteiger partial charge is 0.383 e. The zero-order valence-corrected chi connectivity index (χ0v) is 12.6. The Morgan fingerprint density at radius 1 is 1.11 bits per heavy atom. The van der Waals surface area contributed by atoms with Crippen LogP contribution in [0, 0.1) is 0 Å². The summed E-state index contributed by atoms with van der Waals surface area (Å²) in [6.07, 6.45) is 0.902. The number of hydrogen-bond donors (Lipinski definition) is 1. The van der Waals surface area contributed by atoms with Crippen molar-refractivity contribution in [2.75, 3.05) is 0 Å². The molecule has 2 N–H and O–H groups in total. The number of amidine groups is 1. The van der Waals surface area contributed by atoms with Gasteiger partial charge in [0.1, 0.15) is 5.84 Å². The third-order valence-electron chi connectivity index (χ3n) is 3.24. The fourth-order valence-electron chi connectivity index (χ4n) is 2.34. The highest BCUT2D eigenvalue weighted by atomic mass is 79.9. The Balaban J connectivity index is 0.00000133. The lowest BCUT2D eigenvalue weighted by Crippen LogP contribution is -2.22. The van der Waals surface area contributed by atoms with Crippen molar-refractivity contribution >= 4 is 34.2 Å². The van der Waals surface area contributed by atoms with E-state index in [1.807, 2.05) is 30.3 Å². The minimum atomic E-state index is 0. The molecule has 2 aromatic rings. The third-order valence-corrected chi connectivity index (χ3v) is 3.73. The zero-order chi connectivity index (χ0) is 12.5. The van der Waals surface area contributed by atoms with Gasteiger partial charge in [-0.2, -0.15) is 0 Å². The van der Waals surface area contributed by atoms with E-state index in [4.69, 9.17) is 5.73 Å². The molecule has 1 aliphatic heterocycles. The second-order valence-electron chi connectivity index (χ2n) is 4.45. The number of halogens is 2. The van der Waals surface area contributed by atoms with Gasteiger partial charge in [0.05, 0.1) is 6.04 Å². The molecule has 4 heteroatoms. The van der Waals surface area contributed by atoms with Gasteiger partial charge in [-0.1, -0.05) is 46.3 Å². The summed E-state index contributed by atoms with van der Waals surface area (Å²) in [6.45, 7) is 0. The molecular weight excluding hydrogens is 324 g/mol. The average Bonchev–Trinajstić information content (AvgIpc) is 2.39. The van der Waals surface area contributed by atoms with Crippen LogP contribution in [0.4, 0.5) is 0 Å². The topological polar surface area (TPSA) is 38.4 Å². The summed E-state index contributed by atoms with van der Waals surface area (Å²) in [6, 6.07) is 16.6. The Bertz CT molecular complexity index is 611. The minimum Gasteiger partial charge on any atom is -0.383 e. The number of aliphatic imine (C=N–C) groups is 1. The number of nitrogens with zero attached hydrogens (tertiary/aromatic N) is 1. The molecule has 0 amide bonds. The van der Waals surface area contributed by atoms with Gasteiger partial charge in [-0.3, -0.25) is 4.99 Å². The highest BCUT2D eigenvalue weighted by Gasteiger charge is 2.20. The van der Waals surface area contributed by atoms with Crippen molar-refractivity contribution in [2.45, 2.75) is 12.5 Å². The first-order valence-electron chi connectivity index (χ1n) is 5.91. The van der Waals surface area contributed by atoms with Crippen molar-refractivity contribution in [1.82, 2.24) is 0 Å². The number of nitrogens with two attached hydrogens (primary N) is 1. The molecule has 2 nitrogen and oxygen atoms in total. The van der Waals surface area contributed by atoms with Crippen LogP contribution in [0.25, 0.3) is 0 Å². The average molecular weight is 338 g/mol. The molecule has 0 radical (unpaired) electrons. The van der Waals surface area contributed by atoms with Crippen LogP contribution in [-0.2, 0) is 6.42 Å². The molecule has 0 bridgehead atoms. The monoisotopic (exact) mass is 336 g/mol. The van der Waals surface area contributed by atoms with Crippen LogP contribution in [0.5, 0.6) is 0 Å². The molecular formula is C15H14BrClN2. The summed E-state index contributed by atoms with van der Waals surface area (Å²) >= 11 is 3.51. The normalized spacial score (nSPS) is 17.1. The summed E-state index contributed by atoms with van der Waals surface area (Å²) in [7, 11) is 0. The SMILES string of the molecule is Cl.NC1=NC(c2ccccc2)Cc2cc(Br)ccc21. The lowest BCUT2D eigenvalue weighted by molar-refractivity contribution is 0.709. The Morgan fingerprint density at radius 2 is 1.84 bits per heavy atom. The minimum absolute atomic E-state index is 0. The van der Waals surface area contributed by atoms with E-state index >= 15 is 0 Å². The van der Waals surface area contributed by atoms with E-state index in [0.717, 1.165) is 16.5 Å². The lowest BCUT2D eigenvalue weighted by Gasteiger charge is -2.22. The van der Waals surface area contributed by atoms with E-state index in [1.165, 1.54) is 11.1 Å². The van der Waals surface area contributed by atoms with Gasteiger partial charge in [0.25, 0.3) is 0 Å². The summed E-state index contributed by atoms with van der Waals surface area (Å²) in [4.78, 5) is 4.60. The molecule has 0 saturated carbocycles. The van der Waals surface area contributed by atoms with Crippen LogP contribution in [0.1, 0.15) is 22.7 Å². The van der Waals surface area contributed by atoms with E-state index in [9.17, 15) is 0 Å². The van der Waals surface area contributed by atoms with Gasteiger partial charge in [0.15, 0.2) is 0 Å². The second kappa shape index (κ2) is 5.76. The molecule has 0 aromatic heterocycles. The van der Waals surface area contributed by atoms with Crippen LogP contribution in [0.2, 0.25) is 0 Å². The zero-order valence-electron chi connectivity index (χ0n) is 10.2. The van der Waals surface area contributed by atoms with Crippen molar-refractivity contribution in [3.63, 3.8) is 0 Å². The summed E-state index contributed by atoms with van der Waals surface area (Å²) in [5.74, 6) is 0.637. The van der Waals surface area contributed by atoms with Gasteiger partial charge in [0, 0.05) is 10.0 Å². The molecule has 0 aliphatic carbocycles. The van der Waals surface area contributed by atoms with Gasteiger partial charge in [-0.25, -0.2) is 0 Å². The van der Waals surface area contributed by atoms with Crippen LogP contribution in [-0.4, -0.2) is 5.84 Å². The Morgan fingerprint density at radius 3 is 2.58 bits per heavy atom. The first-order valence-corrected chi connectivity index (χ1v) is 6.70. The van der Waals surface area contributed by atoms with Crippen LogP contribution in [0.15, 0.2) is 58.0 Å². The summed E-state index contributed by atoms with van der Waals surface area (Å²) in [5, 5.41) is 0.